The fraction of sp³-hybridized carbons (Fsp3) is 0.385. The third-order valence-corrected chi connectivity index (χ3v) is 6.54. The van der Waals surface area contributed by atoms with Crippen molar-refractivity contribution in [1.29, 1.82) is 0 Å². The first-order chi connectivity index (χ1) is 16.6. The predicted octanol–water partition coefficient (Wildman–Crippen LogP) is 3.51. The van der Waals surface area contributed by atoms with E-state index in [0.717, 1.165) is 52.9 Å². The van der Waals surface area contributed by atoms with E-state index >= 15 is 0 Å². The predicted molar refractivity (Wildman–Crippen MR) is 130 cm³/mol. The van der Waals surface area contributed by atoms with E-state index in [4.69, 9.17) is 4.74 Å². The molecular formula is C26H30N6O2. The molecule has 3 heterocycles. The summed E-state index contributed by atoms with van der Waals surface area (Å²) in [6, 6.07) is 16.4. The summed E-state index contributed by atoms with van der Waals surface area (Å²) in [5, 5.41) is 13.5. The molecule has 0 bridgehead atoms. The Bertz CT molecular complexity index is 1320. The van der Waals surface area contributed by atoms with Crippen molar-refractivity contribution in [1.82, 2.24) is 30.1 Å². The molecule has 0 spiro atoms. The normalized spacial score (nSPS) is 16.0. The van der Waals surface area contributed by atoms with Crippen LogP contribution in [-0.4, -0.2) is 42.8 Å². The zero-order chi connectivity index (χ0) is 23.5. The Labute approximate surface area is 198 Å². The number of pyridine rings is 1. The van der Waals surface area contributed by atoms with E-state index in [1.165, 1.54) is 5.56 Å². The molecule has 1 N–H and O–H groups in total. The first-order valence-electron chi connectivity index (χ1n) is 11.8. The molecule has 1 saturated heterocycles. The molecule has 0 unspecified atom stereocenters. The lowest BCUT2D eigenvalue weighted by molar-refractivity contribution is 0.0914. The van der Waals surface area contributed by atoms with Crippen LogP contribution < -0.4 is 5.56 Å². The van der Waals surface area contributed by atoms with Crippen molar-refractivity contribution < 1.29 is 4.74 Å². The summed E-state index contributed by atoms with van der Waals surface area (Å²) in [6.45, 7) is 7.23. The van der Waals surface area contributed by atoms with Gasteiger partial charge in [0.05, 0.1) is 24.7 Å². The highest BCUT2D eigenvalue weighted by atomic mass is 16.5. The molecule has 0 saturated carbocycles. The highest BCUT2D eigenvalue weighted by Crippen LogP contribution is 2.21. The molecule has 176 valence electrons. The minimum Gasteiger partial charge on any atom is -0.376 e. The van der Waals surface area contributed by atoms with Gasteiger partial charge in [0, 0.05) is 30.6 Å². The first kappa shape index (κ1) is 22.4. The van der Waals surface area contributed by atoms with Gasteiger partial charge in [0.25, 0.3) is 5.56 Å². The fourth-order valence-electron chi connectivity index (χ4n) is 4.65. The second kappa shape index (κ2) is 9.87. The minimum absolute atomic E-state index is 0.0572. The number of hydrogen-bond donors (Lipinski definition) is 1. The number of fused-ring (bicyclic) bond motifs is 1. The fourth-order valence-corrected chi connectivity index (χ4v) is 4.65. The van der Waals surface area contributed by atoms with Gasteiger partial charge in [-0.15, -0.1) is 5.10 Å². The number of tetrazole rings is 1. The van der Waals surface area contributed by atoms with Crippen LogP contribution in [0.25, 0.3) is 10.9 Å². The number of ether oxygens (including phenoxy) is 1. The quantitative estimate of drug-likeness (QED) is 0.435. The number of rotatable bonds is 8. The van der Waals surface area contributed by atoms with Gasteiger partial charge in [-0.3, -0.25) is 9.69 Å². The number of hydrogen-bond acceptors (Lipinski definition) is 6. The largest absolute Gasteiger partial charge is 0.376 e. The summed E-state index contributed by atoms with van der Waals surface area (Å²) >= 11 is 0. The highest BCUT2D eigenvalue weighted by molar-refractivity contribution is 5.85. The highest BCUT2D eigenvalue weighted by Gasteiger charge is 2.21. The molecule has 0 aliphatic carbocycles. The van der Waals surface area contributed by atoms with Gasteiger partial charge in [0.2, 0.25) is 0 Å². The Morgan fingerprint density at radius 2 is 1.91 bits per heavy atom. The molecule has 5 rings (SSSR count). The van der Waals surface area contributed by atoms with E-state index in [1.54, 1.807) is 0 Å². The molecule has 0 amide bonds. The van der Waals surface area contributed by atoms with Crippen LogP contribution in [0.3, 0.4) is 0 Å². The zero-order valence-electron chi connectivity index (χ0n) is 19.7. The number of aromatic amines is 1. The van der Waals surface area contributed by atoms with Gasteiger partial charge >= 0.3 is 0 Å². The van der Waals surface area contributed by atoms with Crippen LogP contribution in [0.5, 0.6) is 0 Å². The summed E-state index contributed by atoms with van der Waals surface area (Å²) in [6.07, 6.45) is 2.25. The van der Waals surface area contributed by atoms with Crippen molar-refractivity contribution in [2.45, 2.75) is 59.0 Å². The van der Waals surface area contributed by atoms with Gasteiger partial charge in [-0.1, -0.05) is 42.5 Å². The van der Waals surface area contributed by atoms with Gasteiger partial charge in [0.1, 0.15) is 0 Å². The van der Waals surface area contributed by atoms with Crippen molar-refractivity contribution in [3.8, 4) is 0 Å². The molecule has 2 aromatic carbocycles. The lowest BCUT2D eigenvalue weighted by Gasteiger charge is -2.22. The average Bonchev–Trinajstić information content (AvgIpc) is 3.51. The number of aromatic nitrogens is 5. The molecule has 2 aromatic heterocycles. The van der Waals surface area contributed by atoms with E-state index in [2.05, 4.69) is 50.5 Å². The monoisotopic (exact) mass is 458 g/mol. The zero-order valence-corrected chi connectivity index (χ0v) is 19.7. The second-order valence-electron chi connectivity index (χ2n) is 9.15. The first-order valence-corrected chi connectivity index (χ1v) is 11.8. The van der Waals surface area contributed by atoms with Crippen molar-refractivity contribution in [2.75, 3.05) is 6.61 Å². The minimum atomic E-state index is -0.0572. The number of H-pyrrole nitrogens is 1. The lowest BCUT2D eigenvalue weighted by atomic mass is 10.0. The summed E-state index contributed by atoms with van der Waals surface area (Å²) in [7, 11) is 0. The van der Waals surface area contributed by atoms with Gasteiger partial charge < -0.3 is 9.72 Å². The van der Waals surface area contributed by atoms with E-state index < -0.39 is 0 Å². The van der Waals surface area contributed by atoms with Crippen LogP contribution in [0.1, 0.15) is 40.9 Å². The van der Waals surface area contributed by atoms with Gasteiger partial charge in [-0.25, -0.2) is 4.68 Å². The topological polar surface area (TPSA) is 88.9 Å². The molecular weight excluding hydrogens is 428 g/mol. The van der Waals surface area contributed by atoms with E-state index in [9.17, 15) is 4.79 Å². The van der Waals surface area contributed by atoms with Gasteiger partial charge in [-0.2, -0.15) is 0 Å². The molecule has 1 aliphatic heterocycles. The van der Waals surface area contributed by atoms with Crippen molar-refractivity contribution in [3.05, 3.63) is 87.0 Å². The second-order valence-corrected chi connectivity index (χ2v) is 9.15. The molecule has 34 heavy (non-hydrogen) atoms. The van der Waals surface area contributed by atoms with Gasteiger partial charge in [-0.05, 0) is 59.9 Å². The Hall–Kier alpha value is -3.36. The molecule has 1 fully saturated rings. The lowest BCUT2D eigenvalue weighted by Crippen LogP contribution is -2.29. The molecule has 1 atom stereocenters. The maximum Gasteiger partial charge on any atom is 0.252 e. The van der Waals surface area contributed by atoms with Gasteiger partial charge in [0.15, 0.2) is 5.82 Å². The number of nitrogens with zero attached hydrogens (tertiary/aromatic N) is 5. The number of benzene rings is 2. The molecule has 0 radical (unpaired) electrons. The van der Waals surface area contributed by atoms with Crippen molar-refractivity contribution in [3.63, 3.8) is 0 Å². The third kappa shape index (κ3) is 4.93. The Morgan fingerprint density at radius 1 is 1.09 bits per heavy atom. The van der Waals surface area contributed by atoms with Crippen LogP contribution in [0.2, 0.25) is 0 Å². The van der Waals surface area contributed by atoms with Crippen molar-refractivity contribution >= 4 is 10.9 Å². The maximum absolute atomic E-state index is 13.0. The SMILES string of the molecule is Cc1ccc(C)c2[nH]c(=O)c(CN(Cc3ccccc3)Cc3nnnn3C[C@H]3CCCO3)cc12. The summed E-state index contributed by atoms with van der Waals surface area (Å²) in [5.41, 5.74) is 4.97. The standard InChI is InChI=1S/C26H30N6O2/c1-18-10-11-19(2)25-23(18)13-21(26(33)27-25)15-31(14-20-7-4-3-5-8-20)17-24-28-29-30-32(24)16-22-9-6-12-34-22/h3-5,7-8,10-11,13,22H,6,9,12,14-17H2,1-2H3,(H,27,33)/t22-/m1/s1. The van der Waals surface area contributed by atoms with Crippen LogP contribution in [0, 0.1) is 13.8 Å². The molecule has 4 aromatic rings. The van der Waals surface area contributed by atoms with Crippen LogP contribution in [0.4, 0.5) is 0 Å². The third-order valence-electron chi connectivity index (χ3n) is 6.54. The Kier molecular flexibility index (Phi) is 6.51. The maximum atomic E-state index is 13.0. The molecule has 8 heteroatoms. The van der Waals surface area contributed by atoms with Crippen molar-refractivity contribution in [2.24, 2.45) is 0 Å². The molecule has 1 aliphatic rings. The Morgan fingerprint density at radius 3 is 2.71 bits per heavy atom. The Balaban J connectivity index is 1.44. The molecule has 8 nitrogen and oxygen atoms in total. The summed E-state index contributed by atoms with van der Waals surface area (Å²) in [4.78, 5) is 18.4. The number of aryl methyl sites for hydroxylation is 2. The average molecular weight is 459 g/mol. The van der Waals surface area contributed by atoms with E-state index in [1.807, 2.05) is 41.9 Å². The smallest absolute Gasteiger partial charge is 0.252 e. The van der Waals surface area contributed by atoms with E-state index in [0.29, 0.717) is 26.2 Å². The van der Waals surface area contributed by atoms with E-state index in [-0.39, 0.29) is 11.7 Å². The number of nitrogens with one attached hydrogen (secondary N) is 1. The van der Waals surface area contributed by atoms with Crippen LogP contribution in [0.15, 0.2) is 53.3 Å². The van der Waals surface area contributed by atoms with Crippen LogP contribution in [-0.2, 0) is 30.9 Å². The van der Waals surface area contributed by atoms with Crippen LogP contribution >= 0.6 is 0 Å². The summed E-state index contributed by atoms with van der Waals surface area (Å²) < 4.78 is 7.62. The summed E-state index contributed by atoms with van der Waals surface area (Å²) in [5.74, 6) is 0.774.